The molecule has 1 fully saturated rings. The summed E-state index contributed by atoms with van der Waals surface area (Å²) in [5.41, 5.74) is 1.08. The Labute approximate surface area is 134 Å². The van der Waals surface area contributed by atoms with Crippen molar-refractivity contribution in [2.24, 2.45) is 0 Å². The van der Waals surface area contributed by atoms with Gasteiger partial charge in [-0.15, -0.1) is 0 Å². The van der Waals surface area contributed by atoms with Gasteiger partial charge in [-0.3, -0.25) is 0 Å². The van der Waals surface area contributed by atoms with Crippen LogP contribution in [0.15, 0.2) is 18.2 Å². The van der Waals surface area contributed by atoms with Crippen molar-refractivity contribution >= 4 is 11.6 Å². The van der Waals surface area contributed by atoms with E-state index < -0.39 is 0 Å². The van der Waals surface area contributed by atoms with Crippen LogP contribution < -0.4 is 10.1 Å². The van der Waals surface area contributed by atoms with Crippen LogP contribution in [0.5, 0.6) is 5.75 Å². The monoisotopic (exact) mass is 309 g/mol. The number of ether oxygens (including phenoxy) is 1. The summed E-state index contributed by atoms with van der Waals surface area (Å²) < 4.78 is 6.32. The van der Waals surface area contributed by atoms with E-state index in [9.17, 15) is 0 Å². The lowest BCUT2D eigenvalue weighted by atomic mass is 9.94. The second kappa shape index (κ2) is 8.65. The molecule has 0 bridgehead atoms. The Kier molecular flexibility index (Phi) is 6.85. The van der Waals surface area contributed by atoms with Gasteiger partial charge in [0.1, 0.15) is 11.9 Å². The van der Waals surface area contributed by atoms with Gasteiger partial charge in [-0.2, -0.15) is 0 Å². The molecule has 0 heterocycles. The Morgan fingerprint density at radius 2 is 1.95 bits per heavy atom. The summed E-state index contributed by atoms with van der Waals surface area (Å²) in [6, 6.07) is 6.45. The largest absolute Gasteiger partial charge is 0.489 e. The van der Waals surface area contributed by atoms with E-state index in [1.165, 1.54) is 38.5 Å². The van der Waals surface area contributed by atoms with E-state index in [2.05, 4.69) is 18.3 Å². The highest BCUT2D eigenvalue weighted by atomic mass is 35.5. The number of hydrogen-bond acceptors (Lipinski definition) is 2. The van der Waals surface area contributed by atoms with Gasteiger partial charge in [0.05, 0.1) is 0 Å². The Morgan fingerprint density at radius 3 is 2.67 bits per heavy atom. The van der Waals surface area contributed by atoms with Gasteiger partial charge in [0.2, 0.25) is 0 Å². The third-order valence-electron chi connectivity index (χ3n) is 4.28. The minimum atomic E-state index is 0.275. The van der Waals surface area contributed by atoms with E-state index in [0.29, 0.717) is 6.04 Å². The van der Waals surface area contributed by atoms with Crippen molar-refractivity contribution in [3.8, 4) is 5.75 Å². The van der Waals surface area contributed by atoms with E-state index in [4.69, 9.17) is 16.3 Å². The maximum Gasteiger partial charge on any atom is 0.120 e. The van der Waals surface area contributed by atoms with Crippen molar-refractivity contribution in [3.05, 3.63) is 28.8 Å². The molecule has 2 rings (SSSR count). The summed E-state index contributed by atoms with van der Waals surface area (Å²) in [5.74, 6) is 0.950. The smallest absolute Gasteiger partial charge is 0.120 e. The van der Waals surface area contributed by atoms with Crippen molar-refractivity contribution in [3.63, 3.8) is 0 Å². The van der Waals surface area contributed by atoms with Crippen molar-refractivity contribution in [2.75, 3.05) is 6.54 Å². The fourth-order valence-corrected chi connectivity index (χ4v) is 3.14. The summed E-state index contributed by atoms with van der Waals surface area (Å²) in [7, 11) is 0. The minimum Gasteiger partial charge on any atom is -0.489 e. The number of rotatable bonds is 5. The van der Waals surface area contributed by atoms with Crippen molar-refractivity contribution in [1.29, 1.82) is 0 Å². The Balaban J connectivity index is 2.05. The van der Waals surface area contributed by atoms with E-state index in [1.54, 1.807) is 0 Å². The first-order valence-electron chi connectivity index (χ1n) is 8.37. The maximum absolute atomic E-state index is 6.32. The van der Waals surface area contributed by atoms with Crippen molar-refractivity contribution in [2.45, 2.75) is 70.9 Å². The summed E-state index contributed by atoms with van der Waals surface area (Å²) in [4.78, 5) is 0. The fourth-order valence-electron chi connectivity index (χ4n) is 3.02. The molecular formula is C18H28ClNO. The molecule has 3 heteroatoms. The normalized spacial score (nSPS) is 23.4. The number of benzene rings is 1. The van der Waals surface area contributed by atoms with Gasteiger partial charge in [0, 0.05) is 11.1 Å². The predicted molar refractivity (Wildman–Crippen MR) is 90.4 cm³/mol. The fraction of sp³-hybridized carbons (Fsp3) is 0.667. The molecule has 1 aliphatic carbocycles. The lowest BCUT2D eigenvalue weighted by Crippen LogP contribution is -2.44. The SMILES string of the molecule is CCCNC1CCCCCCC1Oc1ccc(Cl)c(C)c1. The molecular weight excluding hydrogens is 282 g/mol. The molecule has 1 saturated carbocycles. The topological polar surface area (TPSA) is 21.3 Å². The molecule has 0 radical (unpaired) electrons. The standard InChI is InChI=1S/C18H28ClNO/c1-3-12-20-17-8-6-4-5-7-9-18(17)21-15-10-11-16(19)14(2)13-15/h10-11,13,17-18,20H,3-9,12H2,1-2H3. The average Bonchev–Trinajstić information content (AvgIpc) is 2.45. The maximum atomic E-state index is 6.32. The van der Waals surface area contributed by atoms with Crippen LogP contribution in [0.1, 0.15) is 57.4 Å². The minimum absolute atomic E-state index is 0.275. The van der Waals surface area contributed by atoms with Gasteiger partial charge in [0.25, 0.3) is 0 Å². The predicted octanol–water partition coefficient (Wildman–Crippen LogP) is 5.12. The second-order valence-corrected chi connectivity index (χ2v) is 6.53. The van der Waals surface area contributed by atoms with Crippen LogP contribution in [-0.2, 0) is 0 Å². The van der Waals surface area contributed by atoms with Gasteiger partial charge in [-0.05, 0) is 62.9 Å². The zero-order valence-electron chi connectivity index (χ0n) is 13.3. The molecule has 0 spiro atoms. The lowest BCUT2D eigenvalue weighted by molar-refractivity contribution is 0.127. The second-order valence-electron chi connectivity index (χ2n) is 6.12. The molecule has 1 aromatic rings. The van der Waals surface area contributed by atoms with Crippen molar-refractivity contribution < 1.29 is 4.74 Å². The molecule has 21 heavy (non-hydrogen) atoms. The molecule has 1 aromatic carbocycles. The highest BCUT2D eigenvalue weighted by Gasteiger charge is 2.24. The molecule has 118 valence electrons. The average molecular weight is 310 g/mol. The van der Waals surface area contributed by atoms with Crippen LogP contribution in [0.4, 0.5) is 0 Å². The van der Waals surface area contributed by atoms with Gasteiger partial charge < -0.3 is 10.1 Å². The highest BCUT2D eigenvalue weighted by Crippen LogP contribution is 2.26. The third-order valence-corrected chi connectivity index (χ3v) is 4.70. The molecule has 0 aliphatic heterocycles. The first kappa shape index (κ1) is 16.6. The summed E-state index contributed by atoms with van der Waals surface area (Å²) in [6.07, 6.45) is 9.07. The molecule has 0 aromatic heterocycles. The van der Waals surface area contributed by atoms with Crippen LogP contribution in [0.3, 0.4) is 0 Å². The zero-order chi connectivity index (χ0) is 15.1. The molecule has 0 amide bonds. The van der Waals surface area contributed by atoms with Gasteiger partial charge in [-0.1, -0.05) is 37.8 Å². The summed E-state index contributed by atoms with van der Waals surface area (Å²) >= 11 is 6.10. The molecule has 2 unspecified atom stereocenters. The first-order chi connectivity index (χ1) is 10.2. The molecule has 1 aliphatic rings. The highest BCUT2D eigenvalue weighted by molar-refractivity contribution is 6.31. The van der Waals surface area contributed by atoms with E-state index in [-0.39, 0.29) is 6.10 Å². The Morgan fingerprint density at radius 1 is 1.19 bits per heavy atom. The quantitative estimate of drug-likeness (QED) is 0.815. The van der Waals surface area contributed by atoms with Crippen LogP contribution in [0.25, 0.3) is 0 Å². The summed E-state index contributed by atoms with van der Waals surface area (Å²) in [5, 5.41) is 4.49. The number of aryl methyl sites for hydroxylation is 1. The molecule has 2 nitrogen and oxygen atoms in total. The summed E-state index contributed by atoms with van der Waals surface area (Å²) in [6.45, 7) is 5.32. The molecule has 2 atom stereocenters. The number of nitrogens with one attached hydrogen (secondary N) is 1. The third kappa shape index (κ3) is 5.19. The Hall–Kier alpha value is -0.730. The van der Waals surface area contributed by atoms with E-state index in [1.807, 2.05) is 19.1 Å². The van der Waals surface area contributed by atoms with E-state index >= 15 is 0 Å². The van der Waals surface area contributed by atoms with Crippen LogP contribution >= 0.6 is 11.6 Å². The van der Waals surface area contributed by atoms with Crippen molar-refractivity contribution in [1.82, 2.24) is 5.32 Å². The lowest BCUT2D eigenvalue weighted by Gasteiger charge is -2.31. The Bertz CT molecular complexity index is 433. The van der Waals surface area contributed by atoms with E-state index in [0.717, 1.165) is 29.3 Å². The number of hydrogen-bond donors (Lipinski definition) is 1. The number of halogens is 1. The van der Waals surface area contributed by atoms with Crippen LogP contribution in [0.2, 0.25) is 5.02 Å². The zero-order valence-corrected chi connectivity index (χ0v) is 14.1. The van der Waals surface area contributed by atoms with Crippen LogP contribution in [-0.4, -0.2) is 18.7 Å². The molecule has 0 saturated heterocycles. The first-order valence-corrected chi connectivity index (χ1v) is 8.74. The van der Waals surface area contributed by atoms with Gasteiger partial charge in [0.15, 0.2) is 0 Å². The molecule has 1 N–H and O–H groups in total. The van der Waals surface area contributed by atoms with Gasteiger partial charge in [-0.25, -0.2) is 0 Å². The van der Waals surface area contributed by atoms with Crippen LogP contribution in [0, 0.1) is 6.92 Å². The van der Waals surface area contributed by atoms with Gasteiger partial charge >= 0.3 is 0 Å².